The van der Waals surface area contributed by atoms with Crippen molar-refractivity contribution in [2.45, 2.75) is 5.71 Å². The maximum atomic E-state index is 5.94. The van der Waals surface area contributed by atoms with E-state index in [0.29, 0.717) is 23.0 Å². The van der Waals surface area contributed by atoms with E-state index >= 15 is 0 Å². The molecule has 4 rings (SSSR count). The molecule has 2 aliphatic rings. The van der Waals surface area contributed by atoms with Crippen LogP contribution >= 0.6 is 0 Å². The molecule has 2 aliphatic heterocycles. The fraction of sp³-hybridized carbons (Fsp3) is 0.0769. The van der Waals surface area contributed by atoms with Crippen molar-refractivity contribution in [1.29, 1.82) is 0 Å². The molecular formula is C13H11AsO4. The van der Waals surface area contributed by atoms with E-state index in [1.807, 2.05) is 48.5 Å². The number of hydrogen-bond donors (Lipinski definition) is 0. The Balaban J connectivity index is 1.80. The van der Waals surface area contributed by atoms with Crippen LogP contribution in [-0.4, -0.2) is 13.8 Å². The zero-order valence-electron chi connectivity index (χ0n) is 9.70. The van der Waals surface area contributed by atoms with Crippen molar-refractivity contribution >= 4 is 13.8 Å². The molecule has 0 fully saturated rings. The molecule has 92 valence electrons. The third-order valence-electron chi connectivity index (χ3n) is 2.90. The van der Waals surface area contributed by atoms with Crippen LogP contribution in [0.15, 0.2) is 48.5 Å². The summed E-state index contributed by atoms with van der Waals surface area (Å²) >= 11 is -4.16. The van der Waals surface area contributed by atoms with Crippen molar-refractivity contribution in [3.05, 3.63) is 48.5 Å². The maximum absolute atomic E-state index is 5.94. The first-order chi connectivity index (χ1) is 8.64. The van der Waals surface area contributed by atoms with Crippen molar-refractivity contribution in [2.75, 3.05) is 0 Å². The number of hydrogen-bond acceptors (Lipinski definition) is 4. The van der Waals surface area contributed by atoms with Crippen LogP contribution in [0, 0.1) is 0 Å². The number of rotatable bonds is 0. The van der Waals surface area contributed by atoms with Gasteiger partial charge in [-0.1, -0.05) is 0 Å². The normalized spacial score (nSPS) is 22.4. The molecule has 0 radical (unpaired) electrons. The summed E-state index contributed by atoms with van der Waals surface area (Å²) < 4.78 is 23.8. The van der Waals surface area contributed by atoms with Gasteiger partial charge in [0, 0.05) is 0 Å². The van der Waals surface area contributed by atoms with E-state index in [1.54, 1.807) is 5.71 Å². The van der Waals surface area contributed by atoms with Crippen LogP contribution in [0.1, 0.15) is 0 Å². The molecule has 5 heteroatoms. The number of fused-ring (bicyclic) bond motifs is 2. The van der Waals surface area contributed by atoms with E-state index in [2.05, 4.69) is 0 Å². The Bertz CT molecular complexity index is 542. The molecule has 18 heavy (non-hydrogen) atoms. The summed E-state index contributed by atoms with van der Waals surface area (Å²) in [5, 5.41) is 0. The zero-order chi connectivity index (χ0) is 12.2. The van der Waals surface area contributed by atoms with Crippen LogP contribution in [-0.2, 0) is 0 Å². The van der Waals surface area contributed by atoms with Gasteiger partial charge in [0.2, 0.25) is 0 Å². The molecule has 0 aromatic heterocycles. The molecule has 2 aromatic rings. The van der Waals surface area contributed by atoms with Gasteiger partial charge in [-0.2, -0.15) is 0 Å². The number of benzene rings is 2. The van der Waals surface area contributed by atoms with E-state index in [4.69, 9.17) is 14.9 Å². The van der Waals surface area contributed by atoms with Gasteiger partial charge in [0.15, 0.2) is 0 Å². The van der Waals surface area contributed by atoms with Crippen LogP contribution in [0.25, 0.3) is 0 Å². The van der Waals surface area contributed by atoms with Gasteiger partial charge in [0.1, 0.15) is 0 Å². The van der Waals surface area contributed by atoms with Gasteiger partial charge in [-0.15, -0.1) is 0 Å². The SMILES string of the molecule is C[As]12(Oc3ccccc3O1)Oc1ccccc1O2. The minimum absolute atomic E-state index is 0.679. The fourth-order valence-electron chi connectivity index (χ4n) is 2.19. The second-order valence-corrected chi connectivity index (χ2v) is 10.9. The van der Waals surface area contributed by atoms with Crippen molar-refractivity contribution in [3.8, 4) is 23.0 Å². The third-order valence-corrected chi connectivity index (χ3v) is 7.96. The van der Waals surface area contributed by atoms with E-state index in [9.17, 15) is 0 Å². The molecule has 0 unspecified atom stereocenters. The van der Waals surface area contributed by atoms with Crippen molar-refractivity contribution in [3.63, 3.8) is 0 Å². The first-order valence-corrected chi connectivity index (χ1v) is 10.6. The van der Waals surface area contributed by atoms with Gasteiger partial charge in [-0.05, 0) is 0 Å². The Labute approximate surface area is 106 Å². The second kappa shape index (κ2) is 2.96. The Morgan fingerprint density at radius 3 is 1.17 bits per heavy atom. The molecule has 0 amide bonds. The molecule has 0 bridgehead atoms. The van der Waals surface area contributed by atoms with Crippen LogP contribution in [0.3, 0.4) is 0 Å². The predicted octanol–water partition coefficient (Wildman–Crippen LogP) is 2.95. The monoisotopic (exact) mass is 306 g/mol. The summed E-state index contributed by atoms with van der Waals surface area (Å²) in [6, 6.07) is 15.0. The topological polar surface area (TPSA) is 36.9 Å². The molecule has 0 saturated carbocycles. The summed E-state index contributed by atoms with van der Waals surface area (Å²) in [6.45, 7) is 0. The van der Waals surface area contributed by atoms with Gasteiger partial charge in [0.25, 0.3) is 0 Å². The molecule has 2 aromatic carbocycles. The Kier molecular flexibility index (Phi) is 1.67. The van der Waals surface area contributed by atoms with Crippen LogP contribution < -0.4 is 14.9 Å². The van der Waals surface area contributed by atoms with Crippen LogP contribution in [0.5, 0.6) is 23.0 Å². The first-order valence-electron chi connectivity index (χ1n) is 5.65. The molecule has 4 nitrogen and oxygen atoms in total. The van der Waals surface area contributed by atoms with E-state index < -0.39 is 13.8 Å². The van der Waals surface area contributed by atoms with Gasteiger partial charge >= 0.3 is 106 Å². The van der Waals surface area contributed by atoms with E-state index in [-0.39, 0.29) is 0 Å². The predicted molar refractivity (Wildman–Crippen MR) is 67.0 cm³/mol. The van der Waals surface area contributed by atoms with Crippen molar-refractivity contribution in [1.82, 2.24) is 0 Å². The average molecular weight is 306 g/mol. The Hall–Kier alpha value is -1.80. The molecule has 0 aliphatic carbocycles. The van der Waals surface area contributed by atoms with Crippen molar-refractivity contribution < 1.29 is 14.9 Å². The van der Waals surface area contributed by atoms with Gasteiger partial charge < -0.3 is 0 Å². The van der Waals surface area contributed by atoms with Crippen LogP contribution in [0.2, 0.25) is 5.71 Å². The zero-order valence-corrected chi connectivity index (χ0v) is 11.6. The fourth-order valence-corrected chi connectivity index (χ4v) is 7.60. The summed E-state index contributed by atoms with van der Waals surface area (Å²) in [6.07, 6.45) is 0. The average Bonchev–Trinajstić information content (AvgIpc) is 2.81. The van der Waals surface area contributed by atoms with Crippen molar-refractivity contribution in [2.24, 2.45) is 0 Å². The Morgan fingerprint density at radius 2 is 0.889 bits per heavy atom. The molecule has 0 atom stereocenters. The second-order valence-electron chi connectivity index (χ2n) is 4.44. The number of para-hydroxylation sites is 4. The van der Waals surface area contributed by atoms with Gasteiger partial charge in [0.05, 0.1) is 0 Å². The summed E-state index contributed by atoms with van der Waals surface area (Å²) in [7, 11) is 0. The molecule has 0 N–H and O–H groups in total. The quantitative estimate of drug-likeness (QED) is 0.701. The first kappa shape index (κ1) is 10.2. The Morgan fingerprint density at radius 1 is 0.611 bits per heavy atom. The summed E-state index contributed by atoms with van der Waals surface area (Å²) in [5.41, 5.74) is 1.80. The van der Waals surface area contributed by atoms with E-state index in [1.165, 1.54) is 0 Å². The van der Waals surface area contributed by atoms with E-state index in [0.717, 1.165) is 0 Å². The molecule has 0 saturated heterocycles. The summed E-state index contributed by atoms with van der Waals surface area (Å²) in [4.78, 5) is 0. The van der Waals surface area contributed by atoms with Crippen LogP contribution in [0.4, 0.5) is 0 Å². The minimum atomic E-state index is -4.16. The third kappa shape index (κ3) is 1.27. The van der Waals surface area contributed by atoms with Gasteiger partial charge in [-0.25, -0.2) is 0 Å². The van der Waals surface area contributed by atoms with Gasteiger partial charge in [-0.3, -0.25) is 0 Å². The molecule has 2 heterocycles. The molecular weight excluding hydrogens is 295 g/mol. The summed E-state index contributed by atoms with van der Waals surface area (Å²) in [5.74, 6) is 2.72. The molecule has 1 spiro atoms. The standard InChI is InChI=1S/C13H11AsO4/c1-14(15-10-6-2-3-7-11(10)16-14)17-12-8-4-5-9-13(12)18-14/h2-9H,1H3.